The van der Waals surface area contributed by atoms with Crippen molar-refractivity contribution in [2.24, 2.45) is 17.1 Å². The van der Waals surface area contributed by atoms with Gasteiger partial charge in [-0.25, -0.2) is 0 Å². The predicted molar refractivity (Wildman–Crippen MR) is 68.7 cm³/mol. The standard InChI is InChI=1S/C15H19NO2/c16-13(17)15-7-6-14(18,10-15)9-12(15)8-11-4-2-1-3-5-11/h1-5,12,18H,6-10H2,(H2,16,17). The highest BCUT2D eigenvalue weighted by Gasteiger charge is 2.61. The van der Waals surface area contributed by atoms with Crippen molar-refractivity contribution >= 4 is 5.91 Å². The number of hydrogen-bond donors (Lipinski definition) is 2. The van der Waals surface area contributed by atoms with Gasteiger partial charge in [0, 0.05) is 0 Å². The highest BCUT2D eigenvalue weighted by atomic mass is 16.3. The van der Waals surface area contributed by atoms with Gasteiger partial charge in [0.25, 0.3) is 0 Å². The van der Waals surface area contributed by atoms with Crippen molar-refractivity contribution in [1.29, 1.82) is 0 Å². The number of amides is 1. The van der Waals surface area contributed by atoms with Crippen LogP contribution in [0.15, 0.2) is 30.3 Å². The Bertz CT molecular complexity index is 473. The molecular weight excluding hydrogens is 226 g/mol. The van der Waals surface area contributed by atoms with Gasteiger partial charge in [-0.15, -0.1) is 0 Å². The van der Waals surface area contributed by atoms with E-state index in [0.29, 0.717) is 12.8 Å². The molecule has 0 heterocycles. The van der Waals surface area contributed by atoms with Gasteiger partial charge in [-0.2, -0.15) is 0 Å². The molecule has 1 aromatic carbocycles. The van der Waals surface area contributed by atoms with Crippen LogP contribution in [0.1, 0.15) is 31.2 Å². The van der Waals surface area contributed by atoms with Crippen molar-refractivity contribution in [1.82, 2.24) is 0 Å². The molecule has 18 heavy (non-hydrogen) atoms. The summed E-state index contributed by atoms with van der Waals surface area (Å²) in [6, 6.07) is 10.2. The lowest BCUT2D eigenvalue weighted by Gasteiger charge is -2.32. The summed E-state index contributed by atoms with van der Waals surface area (Å²) in [6.45, 7) is 0. The van der Waals surface area contributed by atoms with E-state index in [9.17, 15) is 9.90 Å². The minimum atomic E-state index is -0.644. The Morgan fingerprint density at radius 1 is 1.33 bits per heavy atom. The Hall–Kier alpha value is -1.35. The number of hydrogen-bond acceptors (Lipinski definition) is 2. The number of fused-ring (bicyclic) bond motifs is 2. The summed E-state index contributed by atoms with van der Waals surface area (Å²) in [5, 5.41) is 10.4. The van der Waals surface area contributed by atoms with Gasteiger partial charge in [-0.1, -0.05) is 30.3 Å². The molecule has 0 aliphatic heterocycles. The lowest BCUT2D eigenvalue weighted by atomic mass is 9.71. The first-order chi connectivity index (χ1) is 8.54. The van der Waals surface area contributed by atoms with Gasteiger partial charge in [0.1, 0.15) is 0 Å². The molecule has 2 saturated carbocycles. The van der Waals surface area contributed by atoms with Crippen molar-refractivity contribution in [2.75, 3.05) is 0 Å². The first-order valence-corrected chi connectivity index (χ1v) is 6.60. The van der Waals surface area contributed by atoms with Crippen LogP contribution in [0.5, 0.6) is 0 Å². The summed E-state index contributed by atoms with van der Waals surface area (Å²) in [6.07, 6.45) is 3.58. The van der Waals surface area contributed by atoms with Crippen LogP contribution in [0.3, 0.4) is 0 Å². The molecule has 3 rings (SSSR count). The Labute approximate surface area is 107 Å². The summed E-state index contributed by atoms with van der Waals surface area (Å²) in [7, 11) is 0. The summed E-state index contributed by atoms with van der Waals surface area (Å²) < 4.78 is 0. The fourth-order valence-corrected chi connectivity index (χ4v) is 3.97. The third-order valence-electron chi connectivity index (χ3n) is 4.90. The minimum absolute atomic E-state index is 0.191. The number of aliphatic hydroxyl groups is 1. The quantitative estimate of drug-likeness (QED) is 0.850. The lowest BCUT2D eigenvalue weighted by molar-refractivity contribution is -0.129. The maximum absolute atomic E-state index is 11.8. The molecule has 3 atom stereocenters. The van der Waals surface area contributed by atoms with Crippen molar-refractivity contribution in [2.45, 2.75) is 37.7 Å². The summed E-state index contributed by atoms with van der Waals surface area (Å²) in [5.41, 5.74) is 5.73. The third kappa shape index (κ3) is 1.65. The van der Waals surface area contributed by atoms with Gasteiger partial charge in [0.2, 0.25) is 5.91 Å². The fourth-order valence-electron chi connectivity index (χ4n) is 3.97. The number of nitrogens with two attached hydrogens (primary N) is 1. The normalized spacial score (nSPS) is 37.9. The highest BCUT2D eigenvalue weighted by Crippen LogP contribution is 2.60. The number of carbonyl (C=O) groups is 1. The molecule has 2 fully saturated rings. The molecule has 3 nitrogen and oxygen atoms in total. The maximum Gasteiger partial charge on any atom is 0.224 e. The van der Waals surface area contributed by atoms with E-state index in [4.69, 9.17) is 5.73 Å². The van der Waals surface area contributed by atoms with Crippen LogP contribution in [-0.4, -0.2) is 16.6 Å². The highest BCUT2D eigenvalue weighted by molar-refractivity contribution is 5.82. The van der Waals surface area contributed by atoms with Crippen LogP contribution >= 0.6 is 0 Å². The van der Waals surface area contributed by atoms with Crippen molar-refractivity contribution < 1.29 is 9.90 Å². The molecule has 0 spiro atoms. The van der Waals surface area contributed by atoms with Crippen LogP contribution in [0, 0.1) is 11.3 Å². The molecule has 0 aromatic heterocycles. The van der Waals surface area contributed by atoms with E-state index in [2.05, 4.69) is 12.1 Å². The molecule has 2 bridgehead atoms. The molecule has 2 aliphatic carbocycles. The van der Waals surface area contributed by atoms with Gasteiger partial charge in [-0.3, -0.25) is 4.79 Å². The van der Waals surface area contributed by atoms with Crippen molar-refractivity contribution in [3.8, 4) is 0 Å². The monoisotopic (exact) mass is 245 g/mol. The van der Waals surface area contributed by atoms with E-state index < -0.39 is 11.0 Å². The van der Waals surface area contributed by atoms with Crippen LogP contribution < -0.4 is 5.73 Å². The summed E-state index contributed by atoms with van der Waals surface area (Å²) in [5.74, 6) is -0.0343. The SMILES string of the molecule is NC(=O)C12CCC(O)(CC1Cc1ccccc1)C2. The van der Waals surface area contributed by atoms with E-state index in [1.807, 2.05) is 18.2 Å². The molecule has 2 aliphatic rings. The van der Waals surface area contributed by atoms with E-state index in [1.54, 1.807) is 0 Å². The second kappa shape index (κ2) is 3.82. The van der Waals surface area contributed by atoms with E-state index >= 15 is 0 Å². The topological polar surface area (TPSA) is 63.3 Å². The van der Waals surface area contributed by atoms with Crippen molar-refractivity contribution in [3.05, 3.63) is 35.9 Å². The Morgan fingerprint density at radius 3 is 2.67 bits per heavy atom. The van der Waals surface area contributed by atoms with Gasteiger partial charge in [-0.05, 0) is 43.6 Å². The van der Waals surface area contributed by atoms with Gasteiger partial charge < -0.3 is 10.8 Å². The minimum Gasteiger partial charge on any atom is -0.390 e. The number of rotatable bonds is 3. The number of primary amides is 1. The average molecular weight is 245 g/mol. The van der Waals surface area contributed by atoms with E-state index in [0.717, 1.165) is 19.3 Å². The van der Waals surface area contributed by atoms with Crippen molar-refractivity contribution in [3.63, 3.8) is 0 Å². The zero-order valence-corrected chi connectivity index (χ0v) is 10.4. The molecule has 3 unspecified atom stereocenters. The van der Waals surface area contributed by atoms with Crippen LogP contribution in [-0.2, 0) is 11.2 Å². The largest absolute Gasteiger partial charge is 0.390 e. The molecule has 96 valence electrons. The van der Waals surface area contributed by atoms with Gasteiger partial charge in [0.15, 0.2) is 0 Å². The molecule has 1 amide bonds. The third-order valence-corrected chi connectivity index (χ3v) is 4.90. The Morgan fingerprint density at radius 2 is 2.06 bits per heavy atom. The molecule has 3 N–H and O–H groups in total. The molecule has 3 heteroatoms. The van der Waals surface area contributed by atoms with E-state index in [1.165, 1.54) is 5.56 Å². The average Bonchev–Trinajstić information content (AvgIpc) is 2.82. The van der Waals surface area contributed by atoms with Crippen LogP contribution in [0.25, 0.3) is 0 Å². The van der Waals surface area contributed by atoms with Gasteiger partial charge in [0.05, 0.1) is 11.0 Å². The zero-order chi connectivity index (χ0) is 12.8. The lowest BCUT2D eigenvalue weighted by Crippen LogP contribution is -2.40. The van der Waals surface area contributed by atoms with Gasteiger partial charge >= 0.3 is 0 Å². The maximum atomic E-state index is 11.8. The Balaban J connectivity index is 1.87. The van der Waals surface area contributed by atoms with Crippen LogP contribution in [0.4, 0.5) is 0 Å². The summed E-state index contributed by atoms with van der Waals surface area (Å²) >= 11 is 0. The predicted octanol–water partition coefficient (Wildman–Crippen LogP) is 1.64. The second-order valence-corrected chi connectivity index (χ2v) is 6.01. The first kappa shape index (κ1) is 11.7. The Kier molecular flexibility index (Phi) is 2.49. The number of carbonyl (C=O) groups excluding carboxylic acids is 1. The first-order valence-electron chi connectivity index (χ1n) is 6.60. The molecular formula is C15H19NO2. The number of benzene rings is 1. The second-order valence-electron chi connectivity index (χ2n) is 6.01. The zero-order valence-electron chi connectivity index (χ0n) is 10.4. The molecule has 0 saturated heterocycles. The van der Waals surface area contributed by atoms with Crippen LogP contribution in [0.2, 0.25) is 0 Å². The van der Waals surface area contributed by atoms with E-state index in [-0.39, 0.29) is 11.8 Å². The molecule has 1 aromatic rings. The summed E-state index contributed by atoms with van der Waals surface area (Å²) in [4.78, 5) is 11.8. The molecule has 0 radical (unpaired) electrons. The fraction of sp³-hybridized carbons (Fsp3) is 0.533. The smallest absolute Gasteiger partial charge is 0.224 e.